The molecule has 1 aromatic carbocycles. The van der Waals surface area contributed by atoms with Crippen molar-refractivity contribution in [3.05, 3.63) is 33.3 Å². The van der Waals surface area contributed by atoms with Gasteiger partial charge in [-0.15, -0.1) is 0 Å². The van der Waals surface area contributed by atoms with E-state index in [1.165, 1.54) is 44.7 Å². The Balaban J connectivity index is 1.58. The summed E-state index contributed by atoms with van der Waals surface area (Å²) in [6.07, 6.45) is 1.21. The third-order valence-corrected chi connectivity index (χ3v) is 4.95. The number of likely N-dealkylation sites (N-methyl/N-ethyl adjacent to an activating group) is 1. The fourth-order valence-corrected chi connectivity index (χ4v) is 2.93. The van der Waals surface area contributed by atoms with Crippen LogP contribution in [0.25, 0.3) is 0 Å². The normalized spacial score (nSPS) is 17.6. The molecule has 0 amide bonds. The van der Waals surface area contributed by atoms with Crippen molar-refractivity contribution in [2.45, 2.75) is 13.0 Å². The molecule has 1 aliphatic heterocycles. The first kappa shape index (κ1) is 16.2. The van der Waals surface area contributed by atoms with Gasteiger partial charge in [-0.1, -0.05) is 17.7 Å². The smallest absolute Gasteiger partial charge is 0.0548 e. The molecular weight excluding hydrogens is 338 g/mol. The van der Waals surface area contributed by atoms with Crippen LogP contribution in [0.15, 0.2) is 22.7 Å². The molecule has 1 heterocycles. The molecule has 0 radical (unpaired) electrons. The number of piperazine rings is 1. The number of nitrogens with one attached hydrogen (secondary N) is 1. The van der Waals surface area contributed by atoms with Crippen LogP contribution < -0.4 is 5.32 Å². The Labute approximate surface area is 135 Å². The lowest BCUT2D eigenvalue weighted by Gasteiger charge is -2.32. The van der Waals surface area contributed by atoms with E-state index < -0.39 is 0 Å². The van der Waals surface area contributed by atoms with Crippen LogP contribution in [0.1, 0.15) is 12.0 Å². The van der Waals surface area contributed by atoms with Crippen molar-refractivity contribution < 1.29 is 0 Å². The van der Waals surface area contributed by atoms with Crippen molar-refractivity contribution in [2.24, 2.45) is 0 Å². The van der Waals surface area contributed by atoms with E-state index in [1.807, 2.05) is 6.07 Å². The predicted molar refractivity (Wildman–Crippen MR) is 89.4 cm³/mol. The van der Waals surface area contributed by atoms with Gasteiger partial charge < -0.3 is 15.1 Å². The Hall–Kier alpha value is -0.130. The summed E-state index contributed by atoms with van der Waals surface area (Å²) >= 11 is 9.44. The van der Waals surface area contributed by atoms with E-state index in [4.69, 9.17) is 11.6 Å². The number of hydrogen-bond donors (Lipinski definition) is 1. The fourth-order valence-electron chi connectivity index (χ4n) is 2.38. The third-order valence-electron chi connectivity index (χ3n) is 3.74. The summed E-state index contributed by atoms with van der Waals surface area (Å²) in [7, 11) is 2.20. The van der Waals surface area contributed by atoms with Crippen LogP contribution in [0.4, 0.5) is 0 Å². The summed E-state index contributed by atoms with van der Waals surface area (Å²) in [5.41, 5.74) is 1.26. The summed E-state index contributed by atoms with van der Waals surface area (Å²) in [5.74, 6) is 0. The van der Waals surface area contributed by atoms with Crippen LogP contribution in [-0.4, -0.2) is 56.1 Å². The van der Waals surface area contributed by atoms with Gasteiger partial charge in [0.2, 0.25) is 0 Å². The van der Waals surface area contributed by atoms with E-state index in [0.29, 0.717) is 0 Å². The number of benzene rings is 1. The highest BCUT2D eigenvalue weighted by molar-refractivity contribution is 9.10. The maximum absolute atomic E-state index is 5.98. The van der Waals surface area contributed by atoms with Crippen molar-refractivity contribution >= 4 is 27.5 Å². The molecule has 20 heavy (non-hydrogen) atoms. The van der Waals surface area contributed by atoms with Crippen LogP contribution >= 0.6 is 27.5 Å². The van der Waals surface area contributed by atoms with Gasteiger partial charge in [0.25, 0.3) is 0 Å². The Bertz CT molecular complexity index is 420. The quantitative estimate of drug-likeness (QED) is 0.787. The lowest BCUT2D eigenvalue weighted by molar-refractivity contribution is 0.153. The first-order chi connectivity index (χ1) is 9.65. The largest absolute Gasteiger partial charge is 0.313 e. The summed E-state index contributed by atoms with van der Waals surface area (Å²) in [5, 5.41) is 4.26. The van der Waals surface area contributed by atoms with Crippen LogP contribution in [0, 0.1) is 0 Å². The van der Waals surface area contributed by atoms with E-state index in [1.54, 1.807) is 0 Å². The van der Waals surface area contributed by atoms with Crippen LogP contribution in [0.3, 0.4) is 0 Å². The average Bonchev–Trinajstić information content (AvgIpc) is 2.44. The highest BCUT2D eigenvalue weighted by Gasteiger charge is 2.12. The molecule has 1 aromatic rings. The summed E-state index contributed by atoms with van der Waals surface area (Å²) in [6.45, 7) is 7.98. The van der Waals surface area contributed by atoms with E-state index >= 15 is 0 Å². The summed E-state index contributed by atoms with van der Waals surface area (Å²) in [6, 6.07) is 6.09. The predicted octanol–water partition coefficient (Wildman–Crippen LogP) is 2.83. The van der Waals surface area contributed by atoms with Crippen molar-refractivity contribution in [3.63, 3.8) is 0 Å². The Morgan fingerprint density at radius 2 is 2.00 bits per heavy atom. The van der Waals surface area contributed by atoms with Crippen molar-refractivity contribution in [1.82, 2.24) is 15.1 Å². The molecule has 1 aliphatic rings. The monoisotopic (exact) mass is 359 g/mol. The van der Waals surface area contributed by atoms with Gasteiger partial charge in [0.15, 0.2) is 0 Å². The molecule has 1 N–H and O–H groups in total. The van der Waals surface area contributed by atoms with Gasteiger partial charge in [-0.25, -0.2) is 0 Å². The molecule has 0 aliphatic carbocycles. The van der Waals surface area contributed by atoms with Gasteiger partial charge in [0.05, 0.1) is 5.02 Å². The molecule has 0 unspecified atom stereocenters. The van der Waals surface area contributed by atoms with Crippen LogP contribution in [-0.2, 0) is 6.54 Å². The molecule has 0 atom stereocenters. The van der Waals surface area contributed by atoms with Crippen molar-refractivity contribution in [2.75, 3.05) is 46.3 Å². The van der Waals surface area contributed by atoms with Gasteiger partial charge in [-0.2, -0.15) is 0 Å². The molecule has 5 heteroatoms. The minimum atomic E-state index is 0.767. The second-order valence-corrected chi connectivity index (χ2v) is 6.69. The molecule has 1 saturated heterocycles. The summed E-state index contributed by atoms with van der Waals surface area (Å²) in [4.78, 5) is 4.95. The van der Waals surface area contributed by atoms with Gasteiger partial charge in [0, 0.05) is 37.2 Å². The second kappa shape index (κ2) is 8.35. The zero-order chi connectivity index (χ0) is 14.4. The standard InChI is InChI=1S/C15H23BrClN3/c1-19-7-9-20(10-8-19)6-2-5-18-12-13-3-4-15(17)14(16)11-13/h3-4,11,18H,2,5-10,12H2,1H3. The number of hydrogen-bond acceptors (Lipinski definition) is 3. The molecule has 0 bridgehead atoms. The number of nitrogens with zero attached hydrogens (tertiary/aromatic N) is 2. The van der Waals surface area contributed by atoms with Crippen molar-refractivity contribution in [3.8, 4) is 0 Å². The van der Waals surface area contributed by atoms with Crippen molar-refractivity contribution in [1.29, 1.82) is 0 Å². The molecule has 0 spiro atoms. The molecule has 0 saturated carbocycles. The van der Waals surface area contributed by atoms with E-state index in [2.05, 4.69) is 50.2 Å². The zero-order valence-corrected chi connectivity index (χ0v) is 14.4. The minimum absolute atomic E-state index is 0.767. The number of halogens is 2. The lowest BCUT2D eigenvalue weighted by Crippen LogP contribution is -2.45. The molecule has 3 nitrogen and oxygen atoms in total. The Morgan fingerprint density at radius 3 is 2.70 bits per heavy atom. The summed E-state index contributed by atoms with van der Waals surface area (Å²) < 4.78 is 0.968. The van der Waals surface area contributed by atoms with E-state index in [-0.39, 0.29) is 0 Å². The van der Waals surface area contributed by atoms with E-state index in [0.717, 1.165) is 22.6 Å². The van der Waals surface area contributed by atoms with Gasteiger partial charge in [0.1, 0.15) is 0 Å². The zero-order valence-electron chi connectivity index (χ0n) is 12.0. The van der Waals surface area contributed by atoms with Gasteiger partial charge in [-0.3, -0.25) is 0 Å². The highest BCUT2D eigenvalue weighted by Crippen LogP contribution is 2.23. The average molecular weight is 361 g/mol. The number of rotatable bonds is 6. The van der Waals surface area contributed by atoms with Crippen LogP contribution in [0.2, 0.25) is 5.02 Å². The fraction of sp³-hybridized carbons (Fsp3) is 0.600. The maximum Gasteiger partial charge on any atom is 0.0548 e. The Morgan fingerprint density at radius 1 is 1.25 bits per heavy atom. The highest BCUT2D eigenvalue weighted by atomic mass is 79.9. The molecule has 112 valence electrons. The second-order valence-electron chi connectivity index (χ2n) is 5.42. The topological polar surface area (TPSA) is 18.5 Å². The van der Waals surface area contributed by atoms with E-state index in [9.17, 15) is 0 Å². The van der Waals surface area contributed by atoms with Gasteiger partial charge in [-0.05, 0) is 60.2 Å². The molecule has 1 fully saturated rings. The third kappa shape index (κ3) is 5.34. The Kier molecular flexibility index (Phi) is 6.78. The van der Waals surface area contributed by atoms with Crippen LogP contribution in [0.5, 0.6) is 0 Å². The minimum Gasteiger partial charge on any atom is -0.313 e. The lowest BCUT2D eigenvalue weighted by atomic mass is 10.2. The molecule has 2 rings (SSSR count). The SMILES string of the molecule is CN1CCN(CCCNCc2ccc(Cl)c(Br)c2)CC1. The first-order valence-corrected chi connectivity index (χ1v) is 8.38. The maximum atomic E-state index is 5.98. The molecular formula is C15H23BrClN3. The first-order valence-electron chi connectivity index (χ1n) is 7.21. The van der Waals surface area contributed by atoms with Gasteiger partial charge >= 0.3 is 0 Å². The molecule has 0 aromatic heterocycles.